The van der Waals surface area contributed by atoms with Gasteiger partial charge in [-0.15, -0.1) is 0 Å². The van der Waals surface area contributed by atoms with E-state index in [2.05, 4.69) is 21.8 Å². The molecule has 2 aromatic carbocycles. The molecule has 0 bridgehead atoms. The number of para-hydroxylation sites is 1. The minimum absolute atomic E-state index is 0.188. The second-order valence-corrected chi connectivity index (χ2v) is 10.2. The molecule has 0 atom stereocenters. The van der Waals surface area contributed by atoms with Crippen molar-refractivity contribution < 1.29 is 17.6 Å². The minimum Gasteiger partial charge on any atom is -0.382 e. The first-order valence-corrected chi connectivity index (χ1v) is 13.4. The smallest absolute Gasteiger partial charge is 0.328 e. The Labute approximate surface area is 209 Å². The van der Waals surface area contributed by atoms with Crippen LogP contribution in [0.25, 0.3) is 21.9 Å². The molecule has 2 amide bonds. The molecule has 4 rings (SSSR count). The second-order valence-electron chi connectivity index (χ2n) is 8.52. The fourth-order valence-corrected chi connectivity index (χ4v) is 5.03. The predicted molar refractivity (Wildman–Crippen MR) is 137 cm³/mol. The Morgan fingerprint density at radius 2 is 1.81 bits per heavy atom. The number of amides is 2. The molecule has 190 valence electrons. The van der Waals surface area contributed by atoms with Crippen molar-refractivity contribution in [3.63, 3.8) is 0 Å². The van der Waals surface area contributed by atoms with E-state index in [-0.39, 0.29) is 11.4 Å². The number of nitrogens with two attached hydrogens (primary N) is 1. The number of hydrogen-bond donors (Lipinski definition) is 3. The summed E-state index contributed by atoms with van der Waals surface area (Å²) in [7, 11) is -4.08. The standard InChI is InChI=1S/C25H29FN6O3S/c1-2-3-10-21-30-22-23(19-8-4-5-9-20(19)29-24(22)27)32(21)16-7-6-15-28-25(33)31-36(34,35)18-13-11-17(26)12-14-18/h4-5,8-9,11-14H,2-3,6-7,10,15-16H2,1H3,(H2,27,29)(H2,28,31,33). The minimum atomic E-state index is -4.08. The first-order chi connectivity index (χ1) is 17.3. The number of nitrogens with one attached hydrogen (secondary N) is 2. The van der Waals surface area contributed by atoms with Gasteiger partial charge in [-0.2, -0.15) is 0 Å². The lowest BCUT2D eigenvalue weighted by atomic mass is 10.2. The molecule has 0 saturated heterocycles. The van der Waals surface area contributed by atoms with E-state index in [9.17, 15) is 17.6 Å². The van der Waals surface area contributed by atoms with Gasteiger partial charge < -0.3 is 15.6 Å². The molecular formula is C25H29FN6O3S. The van der Waals surface area contributed by atoms with E-state index in [1.807, 2.05) is 29.0 Å². The van der Waals surface area contributed by atoms with Gasteiger partial charge in [-0.05, 0) is 49.6 Å². The van der Waals surface area contributed by atoms with Gasteiger partial charge in [0.25, 0.3) is 10.0 Å². The van der Waals surface area contributed by atoms with Gasteiger partial charge in [0.15, 0.2) is 5.82 Å². The quantitative estimate of drug-likeness (QED) is 0.274. The van der Waals surface area contributed by atoms with Gasteiger partial charge >= 0.3 is 6.03 Å². The molecule has 0 aliphatic rings. The summed E-state index contributed by atoms with van der Waals surface area (Å²) in [5, 5.41) is 3.55. The van der Waals surface area contributed by atoms with Crippen LogP contribution in [-0.4, -0.2) is 35.5 Å². The molecule has 9 nitrogen and oxygen atoms in total. The average molecular weight is 513 g/mol. The van der Waals surface area contributed by atoms with Crippen LogP contribution in [0.15, 0.2) is 53.4 Å². The first-order valence-electron chi connectivity index (χ1n) is 11.9. The molecule has 0 saturated carbocycles. The monoisotopic (exact) mass is 512 g/mol. The van der Waals surface area contributed by atoms with E-state index >= 15 is 0 Å². The van der Waals surface area contributed by atoms with Crippen LogP contribution in [0.1, 0.15) is 38.4 Å². The molecule has 0 radical (unpaired) electrons. The summed E-state index contributed by atoms with van der Waals surface area (Å²) in [6.07, 6.45) is 4.21. The lowest BCUT2D eigenvalue weighted by Crippen LogP contribution is -2.39. The number of hydrogen-bond acceptors (Lipinski definition) is 6. The lowest BCUT2D eigenvalue weighted by molar-refractivity contribution is 0.245. The lowest BCUT2D eigenvalue weighted by Gasteiger charge is -2.12. The fraction of sp³-hybridized carbons (Fsp3) is 0.320. The second kappa shape index (κ2) is 10.9. The van der Waals surface area contributed by atoms with Crippen LogP contribution in [0, 0.1) is 5.82 Å². The van der Waals surface area contributed by atoms with Crippen molar-refractivity contribution in [3.8, 4) is 0 Å². The van der Waals surface area contributed by atoms with Crippen molar-refractivity contribution >= 4 is 43.8 Å². The Bertz CT molecular complexity index is 1490. The highest BCUT2D eigenvalue weighted by Crippen LogP contribution is 2.29. The number of sulfonamides is 1. The molecule has 36 heavy (non-hydrogen) atoms. The number of fused-ring (bicyclic) bond motifs is 3. The third-order valence-electron chi connectivity index (χ3n) is 5.89. The third kappa shape index (κ3) is 5.56. The van der Waals surface area contributed by atoms with Crippen LogP contribution in [0.4, 0.5) is 15.0 Å². The van der Waals surface area contributed by atoms with E-state index < -0.39 is 21.9 Å². The highest BCUT2D eigenvalue weighted by Gasteiger charge is 2.18. The molecule has 4 aromatic rings. The van der Waals surface area contributed by atoms with Crippen molar-refractivity contribution in [2.45, 2.75) is 50.5 Å². The number of carbonyl (C=O) groups is 1. The van der Waals surface area contributed by atoms with Gasteiger partial charge in [0.2, 0.25) is 0 Å². The number of nitrogen functional groups attached to an aromatic ring is 1. The normalized spacial score (nSPS) is 11.7. The Morgan fingerprint density at radius 3 is 2.56 bits per heavy atom. The maximum Gasteiger partial charge on any atom is 0.328 e. The SMILES string of the molecule is CCCCc1nc2c(N)nc3ccccc3c2n1CCCCNC(=O)NS(=O)(=O)c1ccc(F)cc1. The summed E-state index contributed by atoms with van der Waals surface area (Å²) in [6.45, 7) is 3.08. The van der Waals surface area contributed by atoms with Gasteiger partial charge in [0, 0.05) is 24.9 Å². The number of benzene rings is 2. The van der Waals surface area contributed by atoms with Gasteiger partial charge in [-0.25, -0.2) is 32.3 Å². The summed E-state index contributed by atoms with van der Waals surface area (Å²) in [5.74, 6) is 0.794. The highest BCUT2D eigenvalue weighted by molar-refractivity contribution is 7.90. The molecule has 0 unspecified atom stereocenters. The zero-order valence-corrected chi connectivity index (χ0v) is 20.8. The number of halogens is 1. The summed E-state index contributed by atoms with van der Waals surface area (Å²) in [6, 6.07) is 11.2. The first kappa shape index (κ1) is 25.4. The van der Waals surface area contributed by atoms with E-state index in [4.69, 9.17) is 10.7 Å². The topological polar surface area (TPSA) is 132 Å². The van der Waals surface area contributed by atoms with Crippen LogP contribution in [0.3, 0.4) is 0 Å². The molecule has 4 N–H and O–H groups in total. The third-order valence-corrected chi connectivity index (χ3v) is 7.24. The zero-order valence-electron chi connectivity index (χ0n) is 20.0. The van der Waals surface area contributed by atoms with E-state index in [0.717, 1.165) is 72.2 Å². The maximum atomic E-state index is 13.0. The Hall–Kier alpha value is -3.73. The number of aryl methyl sites for hydroxylation is 2. The molecule has 11 heteroatoms. The summed E-state index contributed by atoms with van der Waals surface area (Å²) in [4.78, 5) is 21.2. The van der Waals surface area contributed by atoms with Crippen LogP contribution in [0.2, 0.25) is 0 Å². The number of rotatable bonds is 10. The molecule has 0 fully saturated rings. The van der Waals surface area contributed by atoms with Crippen molar-refractivity contribution in [2.24, 2.45) is 0 Å². The number of unbranched alkanes of at least 4 members (excludes halogenated alkanes) is 2. The molecule has 0 spiro atoms. The van der Waals surface area contributed by atoms with Gasteiger partial charge in [0.1, 0.15) is 17.2 Å². The zero-order chi connectivity index (χ0) is 25.7. The number of pyridine rings is 1. The molecule has 2 aromatic heterocycles. The van der Waals surface area contributed by atoms with Crippen molar-refractivity contribution in [1.29, 1.82) is 0 Å². The summed E-state index contributed by atoms with van der Waals surface area (Å²) < 4.78 is 41.7. The van der Waals surface area contributed by atoms with Gasteiger partial charge in [-0.1, -0.05) is 31.5 Å². The number of imidazole rings is 1. The number of carbonyl (C=O) groups excluding carboxylic acids is 1. The van der Waals surface area contributed by atoms with Crippen molar-refractivity contribution in [3.05, 3.63) is 60.2 Å². The van der Waals surface area contributed by atoms with Crippen LogP contribution < -0.4 is 15.8 Å². The van der Waals surface area contributed by atoms with Crippen molar-refractivity contribution in [1.82, 2.24) is 24.6 Å². The van der Waals surface area contributed by atoms with Crippen LogP contribution in [0.5, 0.6) is 0 Å². The molecular weight excluding hydrogens is 483 g/mol. The number of nitrogens with zero attached hydrogens (tertiary/aromatic N) is 3. The van der Waals surface area contributed by atoms with Crippen LogP contribution in [-0.2, 0) is 23.0 Å². The van der Waals surface area contributed by atoms with E-state index in [0.29, 0.717) is 24.3 Å². The number of aromatic nitrogens is 3. The largest absolute Gasteiger partial charge is 0.382 e. The van der Waals surface area contributed by atoms with Crippen LogP contribution >= 0.6 is 0 Å². The summed E-state index contributed by atoms with van der Waals surface area (Å²) >= 11 is 0. The van der Waals surface area contributed by atoms with E-state index in [1.165, 1.54) is 0 Å². The maximum absolute atomic E-state index is 13.0. The number of anilines is 1. The summed E-state index contributed by atoms with van der Waals surface area (Å²) in [5.41, 5.74) is 8.70. The fourth-order valence-electron chi connectivity index (χ4n) is 4.10. The number of urea groups is 1. The molecule has 2 heterocycles. The Morgan fingerprint density at radius 1 is 1.06 bits per heavy atom. The predicted octanol–water partition coefficient (Wildman–Crippen LogP) is 4.12. The highest BCUT2D eigenvalue weighted by atomic mass is 32.2. The molecule has 0 aliphatic heterocycles. The van der Waals surface area contributed by atoms with Gasteiger partial charge in [0.05, 0.1) is 15.9 Å². The Balaban J connectivity index is 1.41. The molecule has 0 aliphatic carbocycles. The van der Waals surface area contributed by atoms with E-state index in [1.54, 1.807) is 0 Å². The van der Waals surface area contributed by atoms with Gasteiger partial charge in [-0.3, -0.25) is 0 Å². The average Bonchev–Trinajstić information content (AvgIpc) is 3.22. The Kier molecular flexibility index (Phi) is 7.68. The van der Waals surface area contributed by atoms with Crippen molar-refractivity contribution in [2.75, 3.05) is 12.3 Å².